The molecular weight excluding hydrogens is 494 g/mol. The summed E-state index contributed by atoms with van der Waals surface area (Å²) in [6.07, 6.45) is 0.698. The van der Waals surface area contributed by atoms with Crippen molar-refractivity contribution >= 4 is 51.3 Å². The molecule has 0 aliphatic carbocycles. The Labute approximate surface area is 221 Å². The second-order valence-corrected chi connectivity index (χ2v) is 9.47. The van der Waals surface area contributed by atoms with Gasteiger partial charge in [0.15, 0.2) is 5.11 Å². The summed E-state index contributed by atoms with van der Waals surface area (Å²) in [6.45, 7) is 7.06. The van der Waals surface area contributed by atoms with Gasteiger partial charge in [-0.1, -0.05) is 44.2 Å². The third-order valence-corrected chi connectivity index (χ3v) is 6.80. The first-order valence-electron chi connectivity index (χ1n) is 11.8. The van der Waals surface area contributed by atoms with Gasteiger partial charge in [0, 0.05) is 23.5 Å². The first-order chi connectivity index (χ1) is 17.4. The number of hydrogen-bond acceptors (Lipinski definition) is 7. The largest absolute Gasteiger partial charge is 0.465 e. The molecule has 0 saturated heterocycles. The number of nitrogens with zero attached hydrogens (tertiary/aromatic N) is 1. The zero-order valence-electron chi connectivity index (χ0n) is 20.7. The number of likely N-dealkylation sites (N-methyl/N-ethyl adjacent to an activating group) is 1. The van der Waals surface area contributed by atoms with Gasteiger partial charge >= 0.3 is 11.9 Å². The van der Waals surface area contributed by atoms with Crippen LogP contribution < -0.4 is 10.6 Å². The standard InChI is InChI=1S/C27H31N3O4S2/c1-4-30(5-2)15-16-34-25(31)20-11-13-21(14-12-20)28-27(35)29-24-23(26(32)33-3)18-22(36-24)17-19-9-7-6-8-10-19/h6-14,18H,4-5,15-17H2,1-3H3,(H2,28,29,35). The Morgan fingerprint density at radius 3 is 2.31 bits per heavy atom. The minimum Gasteiger partial charge on any atom is -0.465 e. The SMILES string of the molecule is CCN(CC)CCOC(=O)c1ccc(NC(=S)Nc2sc(Cc3ccccc3)cc2C(=O)OC)cc1. The van der Waals surface area contributed by atoms with Gasteiger partial charge in [0.2, 0.25) is 0 Å². The van der Waals surface area contributed by atoms with Crippen LogP contribution in [0, 0.1) is 0 Å². The second-order valence-electron chi connectivity index (χ2n) is 7.93. The van der Waals surface area contributed by atoms with E-state index in [0.29, 0.717) is 46.5 Å². The summed E-state index contributed by atoms with van der Waals surface area (Å²) in [6, 6.07) is 18.7. The Bertz CT molecular complexity index is 1160. The number of rotatable bonds is 11. The Balaban J connectivity index is 1.59. The molecule has 7 nitrogen and oxygen atoms in total. The Kier molecular flexibility index (Phi) is 10.4. The molecule has 3 aromatic rings. The minimum atomic E-state index is -0.431. The van der Waals surface area contributed by atoms with Crippen molar-refractivity contribution in [2.24, 2.45) is 0 Å². The van der Waals surface area contributed by atoms with Crippen molar-refractivity contribution in [3.05, 3.63) is 82.2 Å². The number of hydrogen-bond donors (Lipinski definition) is 2. The molecule has 0 spiro atoms. The third-order valence-electron chi connectivity index (χ3n) is 5.55. The quantitative estimate of drug-likeness (QED) is 0.253. The van der Waals surface area contributed by atoms with Gasteiger partial charge < -0.3 is 25.0 Å². The first-order valence-corrected chi connectivity index (χ1v) is 13.0. The number of thiophene rings is 1. The topological polar surface area (TPSA) is 79.9 Å². The molecule has 0 saturated carbocycles. The van der Waals surface area contributed by atoms with Crippen molar-refractivity contribution in [1.29, 1.82) is 0 Å². The summed E-state index contributed by atoms with van der Waals surface area (Å²) in [4.78, 5) is 27.8. The zero-order valence-corrected chi connectivity index (χ0v) is 22.3. The first kappa shape index (κ1) is 27.3. The van der Waals surface area contributed by atoms with E-state index in [9.17, 15) is 9.59 Å². The molecule has 36 heavy (non-hydrogen) atoms. The summed E-state index contributed by atoms with van der Waals surface area (Å²) in [5.41, 5.74) is 2.75. The van der Waals surface area contributed by atoms with E-state index in [1.807, 2.05) is 36.4 Å². The normalized spacial score (nSPS) is 10.7. The van der Waals surface area contributed by atoms with Crippen molar-refractivity contribution in [2.45, 2.75) is 20.3 Å². The van der Waals surface area contributed by atoms with Gasteiger partial charge in [-0.2, -0.15) is 0 Å². The Morgan fingerprint density at radius 1 is 0.972 bits per heavy atom. The van der Waals surface area contributed by atoms with Crippen LogP contribution in [-0.4, -0.2) is 55.3 Å². The van der Waals surface area contributed by atoms with Crippen molar-refractivity contribution < 1.29 is 19.1 Å². The van der Waals surface area contributed by atoms with Crippen LogP contribution in [0.2, 0.25) is 0 Å². The number of thiocarbonyl (C=S) groups is 1. The van der Waals surface area contributed by atoms with Crippen LogP contribution in [-0.2, 0) is 15.9 Å². The number of ether oxygens (including phenoxy) is 2. The maximum absolute atomic E-state index is 12.3. The van der Waals surface area contributed by atoms with E-state index in [4.69, 9.17) is 21.7 Å². The number of benzene rings is 2. The third kappa shape index (κ3) is 7.87. The number of carbonyl (C=O) groups is 2. The van der Waals surface area contributed by atoms with Gasteiger partial charge in [-0.3, -0.25) is 0 Å². The molecule has 0 bridgehead atoms. The highest BCUT2D eigenvalue weighted by Gasteiger charge is 2.18. The fourth-order valence-corrected chi connectivity index (χ4v) is 4.89. The number of nitrogens with one attached hydrogen (secondary N) is 2. The second kappa shape index (κ2) is 13.7. The van der Waals surface area contributed by atoms with Crippen LogP contribution in [0.1, 0.15) is 45.0 Å². The van der Waals surface area contributed by atoms with Crippen molar-refractivity contribution in [3.63, 3.8) is 0 Å². The van der Waals surface area contributed by atoms with E-state index >= 15 is 0 Å². The number of esters is 2. The van der Waals surface area contributed by atoms with E-state index < -0.39 is 5.97 Å². The van der Waals surface area contributed by atoms with Crippen LogP contribution in [0.4, 0.5) is 10.7 Å². The predicted octanol–water partition coefficient (Wildman–Crippen LogP) is 5.43. The van der Waals surface area contributed by atoms with Gasteiger partial charge in [-0.05, 0) is 61.2 Å². The smallest absolute Gasteiger partial charge is 0.340 e. The lowest BCUT2D eigenvalue weighted by molar-refractivity contribution is 0.0466. The molecule has 0 amide bonds. The molecule has 1 aromatic heterocycles. The average Bonchev–Trinajstić information content (AvgIpc) is 3.28. The van der Waals surface area contributed by atoms with E-state index in [-0.39, 0.29) is 5.97 Å². The lowest BCUT2D eigenvalue weighted by atomic mass is 10.1. The molecule has 2 aromatic carbocycles. The maximum Gasteiger partial charge on any atom is 0.340 e. The molecule has 190 valence electrons. The highest BCUT2D eigenvalue weighted by molar-refractivity contribution is 7.80. The summed E-state index contributed by atoms with van der Waals surface area (Å²) < 4.78 is 10.3. The zero-order chi connectivity index (χ0) is 25.9. The number of methoxy groups -OCH3 is 1. The molecule has 2 N–H and O–H groups in total. The average molecular weight is 526 g/mol. The van der Waals surface area contributed by atoms with Gasteiger partial charge in [-0.15, -0.1) is 11.3 Å². The van der Waals surface area contributed by atoms with Crippen molar-refractivity contribution in [1.82, 2.24) is 4.90 Å². The van der Waals surface area contributed by atoms with Gasteiger partial charge in [0.25, 0.3) is 0 Å². The molecule has 9 heteroatoms. The van der Waals surface area contributed by atoms with Crippen molar-refractivity contribution in [2.75, 3.05) is 44.0 Å². The van der Waals surface area contributed by atoms with E-state index in [0.717, 1.165) is 23.5 Å². The summed E-state index contributed by atoms with van der Waals surface area (Å²) in [7, 11) is 1.35. The minimum absolute atomic E-state index is 0.322. The molecule has 0 radical (unpaired) electrons. The Morgan fingerprint density at radius 2 is 1.67 bits per heavy atom. The fourth-order valence-electron chi connectivity index (χ4n) is 3.53. The molecule has 0 aliphatic heterocycles. The highest BCUT2D eigenvalue weighted by Crippen LogP contribution is 2.30. The highest BCUT2D eigenvalue weighted by atomic mass is 32.1. The molecule has 1 heterocycles. The molecule has 0 atom stereocenters. The van der Waals surface area contributed by atoms with Crippen LogP contribution in [0.5, 0.6) is 0 Å². The fraction of sp³-hybridized carbons (Fsp3) is 0.296. The lowest BCUT2D eigenvalue weighted by Gasteiger charge is -2.17. The summed E-state index contributed by atoms with van der Waals surface area (Å²) in [5.74, 6) is -0.790. The molecule has 0 aliphatic rings. The van der Waals surface area contributed by atoms with Crippen LogP contribution in [0.25, 0.3) is 0 Å². The molecular formula is C27H31N3O4S2. The maximum atomic E-state index is 12.3. The molecule has 3 rings (SSSR count). The van der Waals surface area contributed by atoms with Gasteiger partial charge in [-0.25, -0.2) is 9.59 Å². The number of carbonyl (C=O) groups excluding carboxylic acids is 2. The van der Waals surface area contributed by atoms with E-state index in [2.05, 4.69) is 29.4 Å². The van der Waals surface area contributed by atoms with Crippen molar-refractivity contribution in [3.8, 4) is 0 Å². The molecule has 0 unspecified atom stereocenters. The van der Waals surface area contributed by atoms with Gasteiger partial charge in [0.1, 0.15) is 11.6 Å². The van der Waals surface area contributed by atoms with Crippen LogP contribution >= 0.6 is 23.6 Å². The van der Waals surface area contributed by atoms with Crippen LogP contribution in [0.15, 0.2) is 60.7 Å². The summed E-state index contributed by atoms with van der Waals surface area (Å²) in [5, 5.41) is 7.13. The molecule has 0 fully saturated rings. The summed E-state index contributed by atoms with van der Waals surface area (Å²) >= 11 is 6.92. The Hall–Kier alpha value is -3.27. The van der Waals surface area contributed by atoms with E-state index in [1.165, 1.54) is 18.4 Å². The van der Waals surface area contributed by atoms with Crippen LogP contribution in [0.3, 0.4) is 0 Å². The lowest BCUT2D eigenvalue weighted by Crippen LogP contribution is -2.27. The predicted molar refractivity (Wildman–Crippen MR) is 149 cm³/mol. The number of anilines is 2. The van der Waals surface area contributed by atoms with E-state index in [1.54, 1.807) is 24.3 Å². The van der Waals surface area contributed by atoms with Gasteiger partial charge in [0.05, 0.1) is 18.2 Å². The monoisotopic (exact) mass is 525 g/mol.